The summed E-state index contributed by atoms with van der Waals surface area (Å²) in [6.45, 7) is -0.117. The van der Waals surface area contributed by atoms with Crippen LogP contribution in [0.3, 0.4) is 0 Å². The second-order valence-electron chi connectivity index (χ2n) is 13.4. The number of nitrogens with two attached hydrogens (primary N) is 2. The Balaban J connectivity index is 2.09. The van der Waals surface area contributed by atoms with Crippen LogP contribution in [0.25, 0.3) is 10.9 Å². The molecule has 58 heavy (non-hydrogen) atoms. The van der Waals surface area contributed by atoms with Gasteiger partial charge in [-0.1, -0.05) is 18.2 Å². The number of aromatic nitrogens is 1. The number of carboxylic acid groups (broad SMARTS) is 2. The number of carboxylic acids is 2. The van der Waals surface area contributed by atoms with Crippen LogP contribution in [0.2, 0.25) is 0 Å². The molecule has 6 amide bonds. The van der Waals surface area contributed by atoms with E-state index in [0.717, 1.165) is 23.4 Å². The van der Waals surface area contributed by atoms with Crippen LogP contribution in [0.5, 0.6) is 0 Å². The van der Waals surface area contributed by atoms with Crippen LogP contribution in [-0.2, 0) is 44.8 Å². The molecule has 1 heterocycles. The van der Waals surface area contributed by atoms with Crippen LogP contribution in [0.4, 0.5) is 0 Å². The van der Waals surface area contributed by atoms with Crippen molar-refractivity contribution < 1.29 is 58.8 Å². The predicted molar refractivity (Wildman–Crippen MR) is 212 cm³/mol. The highest BCUT2D eigenvalue weighted by atomic mass is 32.2. The molecule has 15 N–H and O–H groups in total. The molecule has 0 unspecified atom stereocenters. The summed E-state index contributed by atoms with van der Waals surface area (Å²) >= 11 is 1.35. The topological polar surface area (TPSA) is 357 Å². The van der Waals surface area contributed by atoms with Crippen molar-refractivity contribution in [3.05, 3.63) is 36.0 Å². The van der Waals surface area contributed by atoms with E-state index in [1.807, 2.05) is 24.3 Å². The number of para-hydroxylation sites is 1. The summed E-state index contributed by atoms with van der Waals surface area (Å²) in [5.74, 6) is -7.78. The molecule has 22 heteroatoms. The highest BCUT2D eigenvalue weighted by Crippen LogP contribution is 2.19. The third-order valence-corrected chi connectivity index (χ3v) is 9.50. The molecule has 0 radical (unpaired) electrons. The lowest BCUT2D eigenvalue weighted by Gasteiger charge is -2.26. The lowest BCUT2D eigenvalue weighted by Crippen LogP contribution is -2.59. The van der Waals surface area contributed by atoms with Gasteiger partial charge in [0.1, 0.15) is 24.2 Å². The lowest BCUT2D eigenvalue weighted by atomic mass is 10.0. The van der Waals surface area contributed by atoms with E-state index >= 15 is 0 Å². The number of hydrogen-bond acceptors (Lipinski definition) is 13. The number of nitrogens with one attached hydrogen (secondary N) is 7. The molecule has 0 saturated heterocycles. The van der Waals surface area contributed by atoms with Crippen molar-refractivity contribution in [2.45, 2.75) is 94.2 Å². The first-order valence-corrected chi connectivity index (χ1v) is 19.9. The maximum absolute atomic E-state index is 13.6. The molecule has 0 bridgehead atoms. The highest BCUT2D eigenvalue weighted by molar-refractivity contribution is 7.98. The maximum atomic E-state index is 13.6. The summed E-state index contributed by atoms with van der Waals surface area (Å²) in [7, 11) is 0. The number of rotatable bonds is 27. The Bertz CT molecular complexity index is 1730. The number of carbonyl (C=O) groups is 8. The predicted octanol–water partition coefficient (Wildman–Crippen LogP) is -3.22. The number of H-pyrrole nitrogens is 1. The molecule has 2 rings (SSSR count). The minimum atomic E-state index is -1.77. The van der Waals surface area contributed by atoms with Crippen LogP contribution >= 0.6 is 11.8 Å². The number of unbranched alkanes of at least 4 members (excludes halogenated alkanes) is 1. The Morgan fingerprint density at radius 1 is 0.793 bits per heavy atom. The minimum Gasteiger partial charge on any atom is -0.481 e. The molecule has 0 aliphatic heterocycles. The number of hydrogen-bond donors (Lipinski definition) is 13. The minimum absolute atomic E-state index is 0.00638. The molecule has 0 fully saturated rings. The smallest absolute Gasteiger partial charge is 0.328 e. The van der Waals surface area contributed by atoms with Gasteiger partial charge in [0, 0.05) is 23.5 Å². The summed E-state index contributed by atoms with van der Waals surface area (Å²) in [6, 6.07) is -1.02. The molecule has 7 atom stereocenters. The van der Waals surface area contributed by atoms with Crippen LogP contribution in [0.1, 0.15) is 51.0 Å². The summed E-state index contributed by atoms with van der Waals surface area (Å²) < 4.78 is 0. The van der Waals surface area contributed by atoms with Crippen molar-refractivity contribution in [1.82, 2.24) is 36.9 Å². The molecule has 0 spiro atoms. The first-order valence-electron chi connectivity index (χ1n) is 18.5. The Kier molecular flexibility index (Phi) is 21.2. The van der Waals surface area contributed by atoms with Gasteiger partial charge in [0.25, 0.3) is 0 Å². The highest BCUT2D eigenvalue weighted by Gasteiger charge is 2.33. The van der Waals surface area contributed by atoms with Crippen molar-refractivity contribution >= 4 is 70.0 Å². The number of aliphatic hydroxyl groups is 2. The van der Waals surface area contributed by atoms with Crippen LogP contribution < -0.4 is 43.4 Å². The monoisotopic (exact) mass is 837 g/mol. The number of aliphatic carboxylic acids is 2. The third-order valence-electron chi connectivity index (χ3n) is 8.86. The second kappa shape index (κ2) is 25.2. The Morgan fingerprint density at radius 2 is 1.40 bits per heavy atom. The Morgan fingerprint density at radius 3 is 1.98 bits per heavy atom. The van der Waals surface area contributed by atoms with Gasteiger partial charge in [-0.25, -0.2) is 4.79 Å². The Hall–Kier alpha value is -5.29. The van der Waals surface area contributed by atoms with Crippen molar-refractivity contribution in [1.29, 1.82) is 0 Å². The fraction of sp³-hybridized carbons (Fsp3) is 0.556. The zero-order valence-electron chi connectivity index (χ0n) is 32.3. The summed E-state index contributed by atoms with van der Waals surface area (Å²) in [5.41, 5.74) is 13.3. The molecule has 322 valence electrons. The largest absolute Gasteiger partial charge is 0.481 e. The van der Waals surface area contributed by atoms with Gasteiger partial charge in [0.15, 0.2) is 6.04 Å². The quantitative estimate of drug-likeness (QED) is 0.0394. The molecule has 0 saturated carbocycles. The molecule has 0 aliphatic carbocycles. The summed E-state index contributed by atoms with van der Waals surface area (Å²) in [5, 5.41) is 53.2. The maximum Gasteiger partial charge on any atom is 0.328 e. The van der Waals surface area contributed by atoms with Crippen LogP contribution in [0.15, 0.2) is 30.5 Å². The standard InChI is InChI=1S/C36H55N9O12S/c1-19(47)30(36(56)57)45-35(55)25(10-11-29(49)50)43-33(53)24(9-5-6-13-37)42-34(54)26(12-14-58-2)41-28(48)17-40-32(52)27(18-46)44-31(51)22(38)15-20-16-39-23-8-4-3-7-21(20)23/h3-4,7-8,16,19,22,24-27,30,39,46-47H,5-6,9-15,17-18,37-38H2,1-2H3,(H,40,52)(H,41,48)(H,42,54)(H,43,53)(H,44,51)(H,45,55)(H,49,50)(H,56,57)/t19-,22+,24+,25+,26+,27+,30+/m1/s1. The van der Waals surface area contributed by atoms with Gasteiger partial charge in [-0.15, -0.1) is 0 Å². The lowest BCUT2D eigenvalue weighted by molar-refractivity contribution is -0.145. The first-order chi connectivity index (χ1) is 27.5. The van der Waals surface area contributed by atoms with Gasteiger partial charge in [0.05, 0.1) is 25.3 Å². The molecular weight excluding hydrogens is 783 g/mol. The normalized spacial score (nSPS) is 14.7. The fourth-order valence-electron chi connectivity index (χ4n) is 5.63. The molecule has 2 aromatic rings. The summed E-state index contributed by atoms with van der Waals surface area (Å²) in [6.07, 6.45) is 1.86. The van der Waals surface area contributed by atoms with Gasteiger partial charge in [0.2, 0.25) is 35.4 Å². The van der Waals surface area contributed by atoms with Crippen molar-refractivity contribution in [3.63, 3.8) is 0 Å². The number of benzene rings is 1. The van der Waals surface area contributed by atoms with E-state index < -0.39 is 116 Å². The van der Waals surface area contributed by atoms with Gasteiger partial charge >= 0.3 is 11.9 Å². The number of amides is 6. The molecular formula is C36H55N9O12S. The number of fused-ring (bicyclic) bond motifs is 1. The van der Waals surface area contributed by atoms with Gasteiger partial charge in [-0.05, 0) is 75.6 Å². The molecule has 21 nitrogen and oxygen atoms in total. The fourth-order valence-corrected chi connectivity index (χ4v) is 6.10. The van der Waals surface area contributed by atoms with E-state index in [9.17, 15) is 58.8 Å². The van der Waals surface area contributed by atoms with E-state index in [2.05, 4.69) is 36.9 Å². The average Bonchev–Trinajstić information content (AvgIpc) is 3.59. The van der Waals surface area contributed by atoms with E-state index in [1.165, 1.54) is 11.8 Å². The SMILES string of the molecule is CSCC[C@H](NC(=O)CNC(=O)[C@H](CO)NC(=O)[C@@H](N)Cc1c[nH]c2ccccc12)C(=O)N[C@@H](CCCCN)C(=O)N[C@@H](CCC(=O)O)C(=O)N[C@H](C(=O)O)[C@@H](C)O. The zero-order valence-corrected chi connectivity index (χ0v) is 33.1. The molecule has 1 aromatic carbocycles. The number of thioether (sulfide) groups is 1. The Labute approximate surface area is 338 Å². The average molecular weight is 838 g/mol. The summed E-state index contributed by atoms with van der Waals surface area (Å²) in [4.78, 5) is 105. The molecule has 0 aliphatic rings. The van der Waals surface area contributed by atoms with Crippen molar-refractivity contribution in [3.8, 4) is 0 Å². The van der Waals surface area contributed by atoms with Gasteiger partial charge < -0.3 is 68.8 Å². The van der Waals surface area contributed by atoms with E-state index in [4.69, 9.17) is 11.5 Å². The number of aliphatic hydroxyl groups excluding tert-OH is 2. The number of carbonyl (C=O) groups excluding carboxylic acids is 6. The van der Waals surface area contributed by atoms with Crippen molar-refractivity contribution in [2.75, 3.05) is 31.7 Å². The third kappa shape index (κ3) is 16.3. The molecule has 1 aromatic heterocycles. The van der Waals surface area contributed by atoms with Crippen LogP contribution in [0, 0.1) is 0 Å². The van der Waals surface area contributed by atoms with Gasteiger partial charge in [-0.2, -0.15) is 11.8 Å². The van der Waals surface area contributed by atoms with Crippen molar-refractivity contribution in [2.24, 2.45) is 11.5 Å². The van der Waals surface area contributed by atoms with E-state index in [-0.39, 0.29) is 25.8 Å². The van der Waals surface area contributed by atoms with E-state index in [0.29, 0.717) is 18.6 Å². The van der Waals surface area contributed by atoms with Crippen LogP contribution in [-0.4, -0.2) is 147 Å². The second-order valence-corrected chi connectivity index (χ2v) is 14.4. The van der Waals surface area contributed by atoms with E-state index in [1.54, 1.807) is 12.5 Å². The first kappa shape index (κ1) is 48.9. The van der Waals surface area contributed by atoms with Gasteiger partial charge in [-0.3, -0.25) is 33.6 Å². The zero-order chi connectivity index (χ0) is 43.4. The number of aromatic amines is 1.